The molecule has 1 saturated heterocycles. The molecule has 0 radical (unpaired) electrons. The van der Waals surface area contributed by atoms with Crippen LogP contribution < -0.4 is 0 Å². The third-order valence-corrected chi connectivity index (χ3v) is 4.44. The first kappa shape index (κ1) is 13.4. The normalized spacial score (nSPS) is 19.8. The molecule has 1 aromatic rings. The number of hydrogen-bond acceptors (Lipinski definition) is 3. The zero-order chi connectivity index (χ0) is 13.1. The van der Waals surface area contributed by atoms with Crippen LogP contribution >= 0.6 is 22.9 Å². The number of likely N-dealkylation sites (tertiary alicyclic amines) is 1. The molecule has 0 aliphatic carbocycles. The Hall–Kier alpha value is -1.07. The zero-order valence-electron chi connectivity index (χ0n) is 9.76. The van der Waals surface area contributed by atoms with Crippen molar-refractivity contribution in [2.75, 3.05) is 6.54 Å². The summed E-state index contributed by atoms with van der Waals surface area (Å²) >= 11 is 7.26. The smallest absolute Gasteiger partial charge is 0.305 e. The van der Waals surface area contributed by atoms with Crippen molar-refractivity contribution in [3.8, 4) is 0 Å². The maximum Gasteiger partial charge on any atom is 0.305 e. The van der Waals surface area contributed by atoms with E-state index in [2.05, 4.69) is 0 Å². The van der Waals surface area contributed by atoms with Crippen LogP contribution in [-0.4, -0.2) is 34.5 Å². The summed E-state index contributed by atoms with van der Waals surface area (Å²) in [6.45, 7) is 0.616. The van der Waals surface area contributed by atoms with Gasteiger partial charge in [-0.2, -0.15) is 0 Å². The summed E-state index contributed by atoms with van der Waals surface area (Å²) in [6.07, 6.45) is 2.65. The number of nitrogens with zero attached hydrogens (tertiary/aromatic N) is 1. The molecular formula is C12H14ClNO3S. The molecule has 1 amide bonds. The van der Waals surface area contributed by atoms with E-state index in [0.717, 1.165) is 19.3 Å². The SMILES string of the molecule is O=C(O)CC1CCCCN1C(=O)c1sccc1Cl. The van der Waals surface area contributed by atoms with Gasteiger partial charge in [0.15, 0.2) is 0 Å². The maximum atomic E-state index is 12.3. The Labute approximate surface area is 114 Å². The van der Waals surface area contributed by atoms with Crippen molar-refractivity contribution in [3.05, 3.63) is 21.3 Å². The lowest BCUT2D eigenvalue weighted by Gasteiger charge is -2.34. The highest BCUT2D eigenvalue weighted by Crippen LogP contribution is 2.28. The van der Waals surface area contributed by atoms with Crippen LogP contribution in [-0.2, 0) is 4.79 Å². The fourth-order valence-electron chi connectivity index (χ4n) is 2.26. The van der Waals surface area contributed by atoms with Crippen LogP contribution in [0.4, 0.5) is 0 Å². The average molecular weight is 288 g/mol. The molecule has 98 valence electrons. The minimum Gasteiger partial charge on any atom is -0.481 e. The first-order chi connectivity index (χ1) is 8.59. The monoisotopic (exact) mass is 287 g/mol. The van der Waals surface area contributed by atoms with E-state index in [1.165, 1.54) is 11.3 Å². The van der Waals surface area contributed by atoms with Gasteiger partial charge in [0.1, 0.15) is 4.88 Å². The Bertz CT molecular complexity index is 460. The van der Waals surface area contributed by atoms with Gasteiger partial charge in [0.2, 0.25) is 0 Å². The Morgan fingerprint density at radius 1 is 1.50 bits per heavy atom. The van der Waals surface area contributed by atoms with Gasteiger partial charge in [-0.05, 0) is 30.7 Å². The summed E-state index contributed by atoms with van der Waals surface area (Å²) in [7, 11) is 0. The van der Waals surface area contributed by atoms with Crippen molar-refractivity contribution in [1.29, 1.82) is 0 Å². The second-order valence-electron chi connectivity index (χ2n) is 4.34. The van der Waals surface area contributed by atoms with Crippen LogP contribution in [0.2, 0.25) is 5.02 Å². The average Bonchev–Trinajstić information content (AvgIpc) is 2.74. The molecule has 2 heterocycles. The van der Waals surface area contributed by atoms with E-state index in [9.17, 15) is 9.59 Å². The van der Waals surface area contributed by atoms with E-state index in [0.29, 0.717) is 16.4 Å². The summed E-state index contributed by atoms with van der Waals surface area (Å²) < 4.78 is 0. The van der Waals surface area contributed by atoms with E-state index >= 15 is 0 Å². The molecule has 0 saturated carbocycles. The number of thiophene rings is 1. The maximum absolute atomic E-state index is 12.3. The predicted octanol–water partition coefficient (Wildman–Crippen LogP) is 2.87. The molecule has 1 fully saturated rings. The van der Waals surface area contributed by atoms with E-state index in [4.69, 9.17) is 16.7 Å². The number of hydrogen-bond donors (Lipinski definition) is 1. The quantitative estimate of drug-likeness (QED) is 0.930. The van der Waals surface area contributed by atoms with Crippen LogP contribution in [0.25, 0.3) is 0 Å². The Kier molecular flexibility index (Phi) is 4.24. The highest BCUT2D eigenvalue weighted by atomic mass is 35.5. The van der Waals surface area contributed by atoms with Gasteiger partial charge in [0.05, 0.1) is 11.4 Å². The molecule has 4 nitrogen and oxygen atoms in total. The fourth-order valence-corrected chi connectivity index (χ4v) is 3.35. The first-order valence-corrected chi connectivity index (χ1v) is 7.11. The summed E-state index contributed by atoms with van der Waals surface area (Å²) in [4.78, 5) is 25.3. The third kappa shape index (κ3) is 2.84. The molecule has 2 rings (SSSR count). The zero-order valence-corrected chi connectivity index (χ0v) is 11.3. The lowest BCUT2D eigenvalue weighted by atomic mass is 9.99. The Morgan fingerprint density at radius 3 is 2.89 bits per heavy atom. The van der Waals surface area contributed by atoms with Crippen molar-refractivity contribution in [1.82, 2.24) is 4.90 Å². The first-order valence-electron chi connectivity index (χ1n) is 5.85. The van der Waals surface area contributed by atoms with Gasteiger partial charge in [-0.3, -0.25) is 9.59 Å². The standard InChI is InChI=1S/C12H14ClNO3S/c13-9-4-6-18-11(9)12(17)14-5-2-1-3-8(14)7-10(15)16/h4,6,8H,1-3,5,7H2,(H,15,16). The highest BCUT2D eigenvalue weighted by molar-refractivity contribution is 7.12. The Morgan fingerprint density at radius 2 is 2.28 bits per heavy atom. The second-order valence-corrected chi connectivity index (χ2v) is 5.67. The van der Waals surface area contributed by atoms with Gasteiger partial charge >= 0.3 is 5.97 Å². The van der Waals surface area contributed by atoms with Crippen molar-refractivity contribution >= 4 is 34.8 Å². The Balaban J connectivity index is 2.16. The number of carboxylic acids is 1. The summed E-state index contributed by atoms with van der Waals surface area (Å²) in [5.74, 6) is -1.00. The van der Waals surface area contributed by atoms with Crippen LogP contribution in [0.5, 0.6) is 0 Å². The summed E-state index contributed by atoms with van der Waals surface area (Å²) in [6, 6.07) is 1.48. The largest absolute Gasteiger partial charge is 0.481 e. The van der Waals surface area contributed by atoms with Crippen LogP contribution in [0.3, 0.4) is 0 Å². The highest BCUT2D eigenvalue weighted by Gasteiger charge is 2.30. The topological polar surface area (TPSA) is 57.6 Å². The molecule has 0 aromatic carbocycles. The number of halogens is 1. The van der Waals surface area contributed by atoms with Crippen molar-refractivity contribution < 1.29 is 14.7 Å². The fraction of sp³-hybridized carbons (Fsp3) is 0.500. The predicted molar refractivity (Wildman–Crippen MR) is 70.3 cm³/mol. The molecule has 1 N–H and O–H groups in total. The lowest BCUT2D eigenvalue weighted by Crippen LogP contribution is -2.44. The number of piperidine rings is 1. The van der Waals surface area contributed by atoms with Crippen LogP contribution in [0, 0.1) is 0 Å². The summed E-state index contributed by atoms with van der Waals surface area (Å²) in [5, 5.41) is 11.1. The molecular weight excluding hydrogens is 274 g/mol. The molecule has 18 heavy (non-hydrogen) atoms. The number of amides is 1. The van der Waals surface area contributed by atoms with Gasteiger partial charge in [0.25, 0.3) is 5.91 Å². The second kappa shape index (κ2) is 5.71. The number of carboxylic acid groups (broad SMARTS) is 1. The van der Waals surface area contributed by atoms with Gasteiger partial charge in [0, 0.05) is 12.6 Å². The van der Waals surface area contributed by atoms with Gasteiger partial charge in [-0.15, -0.1) is 11.3 Å². The van der Waals surface area contributed by atoms with E-state index in [-0.39, 0.29) is 18.4 Å². The molecule has 0 bridgehead atoms. The number of carbonyl (C=O) groups is 2. The van der Waals surface area contributed by atoms with Gasteiger partial charge in [-0.1, -0.05) is 11.6 Å². The molecule has 1 aliphatic rings. The number of carbonyl (C=O) groups excluding carboxylic acids is 1. The molecule has 1 atom stereocenters. The van der Waals surface area contributed by atoms with E-state index in [1.807, 2.05) is 0 Å². The van der Waals surface area contributed by atoms with E-state index < -0.39 is 5.97 Å². The van der Waals surface area contributed by atoms with Crippen LogP contribution in [0.15, 0.2) is 11.4 Å². The molecule has 1 aromatic heterocycles. The minimum absolute atomic E-state index is 0.00866. The van der Waals surface area contributed by atoms with Gasteiger partial charge in [-0.25, -0.2) is 0 Å². The lowest BCUT2D eigenvalue weighted by molar-refractivity contribution is -0.138. The molecule has 0 spiro atoms. The third-order valence-electron chi connectivity index (χ3n) is 3.11. The summed E-state index contributed by atoms with van der Waals surface area (Å²) in [5.41, 5.74) is 0. The van der Waals surface area contributed by atoms with E-state index in [1.54, 1.807) is 16.3 Å². The van der Waals surface area contributed by atoms with Crippen molar-refractivity contribution in [3.63, 3.8) is 0 Å². The van der Waals surface area contributed by atoms with Gasteiger partial charge < -0.3 is 10.0 Å². The van der Waals surface area contributed by atoms with Crippen LogP contribution in [0.1, 0.15) is 35.4 Å². The minimum atomic E-state index is -0.864. The molecule has 6 heteroatoms. The molecule has 1 aliphatic heterocycles. The van der Waals surface area contributed by atoms with Crippen molar-refractivity contribution in [2.24, 2.45) is 0 Å². The number of rotatable bonds is 3. The molecule has 1 unspecified atom stereocenters. The van der Waals surface area contributed by atoms with Crippen molar-refractivity contribution in [2.45, 2.75) is 31.7 Å². The number of aliphatic carboxylic acids is 1.